The smallest absolute Gasteiger partial charge is 0.261 e. The van der Waals surface area contributed by atoms with E-state index in [1.165, 1.54) is 0 Å². The third-order valence-corrected chi connectivity index (χ3v) is 5.59. The number of carbonyl (C=O) groups excluding carboxylic acids is 1. The summed E-state index contributed by atoms with van der Waals surface area (Å²) in [7, 11) is -3.58. The molecule has 0 aliphatic carbocycles. The number of anilines is 1. The number of rotatable bonds is 7. The van der Waals surface area contributed by atoms with Gasteiger partial charge in [0, 0.05) is 18.8 Å². The zero-order valence-corrected chi connectivity index (χ0v) is 15.2. The van der Waals surface area contributed by atoms with Crippen LogP contribution in [0.15, 0.2) is 59.5 Å². The largest absolute Gasteiger partial charge is 0.368 e. The molecule has 0 aromatic heterocycles. The van der Waals surface area contributed by atoms with Crippen molar-refractivity contribution < 1.29 is 17.9 Å². The Kier molecular flexibility index (Phi) is 5.90. The van der Waals surface area contributed by atoms with E-state index in [1.54, 1.807) is 42.5 Å². The van der Waals surface area contributed by atoms with Gasteiger partial charge in [-0.1, -0.05) is 30.3 Å². The van der Waals surface area contributed by atoms with Gasteiger partial charge in [0.2, 0.25) is 5.91 Å². The number of hydrogen-bond donors (Lipinski definition) is 2. The van der Waals surface area contributed by atoms with Crippen molar-refractivity contribution in [3.63, 3.8) is 0 Å². The Morgan fingerprint density at radius 1 is 1.08 bits per heavy atom. The molecule has 1 heterocycles. The number of amides is 1. The average Bonchev–Trinajstić information content (AvgIpc) is 3.18. The number of sulfonamides is 1. The molecule has 0 radical (unpaired) electrons. The van der Waals surface area contributed by atoms with Gasteiger partial charge in [-0.25, -0.2) is 8.42 Å². The fourth-order valence-corrected chi connectivity index (χ4v) is 3.86. The van der Waals surface area contributed by atoms with Crippen molar-refractivity contribution in [3.05, 3.63) is 60.2 Å². The molecule has 1 aliphatic heterocycles. The van der Waals surface area contributed by atoms with Crippen molar-refractivity contribution in [3.8, 4) is 0 Å². The van der Waals surface area contributed by atoms with Crippen molar-refractivity contribution in [2.24, 2.45) is 0 Å². The van der Waals surface area contributed by atoms with Crippen LogP contribution in [0.4, 0.5) is 5.69 Å². The third-order valence-electron chi connectivity index (χ3n) is 4.19. The fourth-order valence-electron chi connectivity index (χ4n) is 2.78. The molecule has 1 unspecified atom stereocenters. The Morgan fingerprint density at radius 3 is 2.46 bits per heavy atom. The molecule has 0 saturated carbocycles. The number of ether oxygens (including phenoxy) is 1. The lowest BCUT2D eigenvalue weighted by Crippen LogP contribution is -2.35. The van der Waals surface area contributed by atoms with Crippen LogP contribution in [0.25, 0.3) is 0 Å². The Morgan fingerprint density at radius 2 is 1.81 bits per heavy atom. The highest BCUT2D eigenvalue weighted by Crippen LogP contribution is 2.16. The number of hydrogen-bond acceptors (Lipinski definition) is 4. The van der Waals surface area contributed by atoms with Gasteiger partial charge < -0.3 is 10.1 Å². The first-order valence-corrected chi connectivity index (χ1v) is 10.1. The third kappa shape index (κ3) is 4.83. The lowest BCUT2D eigenvalue weighted by Gasteiger charge is -2.11. The van der Waals surface area contributed by atoms with Gasteiger partial charge in [-0.2, -0.15) is 0 Å². The molecule has 2 aromatic carbocycles. The fraction of sp³-hybridized carbons (Fsp3) is 0.316. The number of carbonyl (C=O) groups is 1. The second-order valence-corrected chi connectivity index (χ2v) is 7.84. The maximum Gasteiger partial charge on any atom is 0.261 e. The Hall–Kier alpha value is -2.38. The molecule has 2 aromatic rings. The van der Waals surface area contributed by atoms with Gasteiger partial charge in [0.25, 0.3) is 10.0 Å². The Balaban J connectivity index is 1.51. The molecule has 6 nitrogen and oxygen atoms in total. The van der Waals surface area contributed by atoms with Gasteiger partial charge in [-0.05, 0) is 49.1 Å². The topological polar surface area (TPSA) is 84.5 Å². The zero-order chi connectivity index (χ0) is 18.4. The summed E-state index contributed by atoms with van der Waals surface area (Å²) >= 11 is 0. The van der Waals surface area contributed by atoms with E-state index in [0.717, 1.165) is 18.4 Å². The summed E-state index contributed by atoms with van der Waals surface area (Å²) in [6.45, 7) is 1.17. The number of nitrogens with one attached hydrogen (secondary N) is 2. The van der Waals surface area contributed by atoms with E-state index in [9.17, 15) is 13.2 Å². The lowest BCUT2D eigenvalue weighted by molar-refractivity contribution is -0.129. The normalized spacial score (nSPS) is 17.0. The van der Waals surface area contributed by atoms with Crippen molar-refractivity contribution in [1.29, 1.82) is 0 Å². The maximum absolute atomic E-state index is 12.3. The minimum absolute atomic E-state index is 0.0604. The standard InChI is InChI=1S/C19H22N2O4S/c22-19(18-7-4-14-25-18)20-13-12-15-8-10-16(11-9-15)21-26(23,24)17-5-2-1-3-6-17/h1-3,5-6,8-11,18,21H,4,7,12-14H2,(H,20,22). The van der Waals surface area contributed by atoms with Crippen molar-refractivity contribution in [2.45, 2.75) is 30.3 Å². The Bertz CT molecular complexity index is 830. The summed E-state index contributed by atoms with van der Waals surface area (Å²) in [6, 6.07) is 15.4. The van der Waals surface area contributed by atoms with Crippen molar-refractivity contribution in [1.82, 2.24) is 5.32 Å². The van der Waals surface area contributed by atoms with Crippen LogP contribution in [0.2, 0.25) is 0 Å². The summed E-state index contributed by atoms with van der Waals surface area (Å²) in [4.78, 5) is 12.1. The highest BCUT2D eigenvalue weighted by Gasteiger charge is 2.22. The van der Waals surface area contributed by atoms with Gasteiger partial charge in [-0.3, -0.25) is 9.52 Å². The summed E-state index contributed by atoms with van der Waals surface area (Å²) in [6.07, 6.45) is 2.06. The van der Waals surface area contributed by atoms with Crippen LogP contribution in [-0.2, 0) is 26.0 Å². The molecule has 0 spiro atoms. The molecule has 1 aliphatic rings. The predicted molar refractivity (Wildman–Crippen MR) is 99.4 cm³/mol. The first-order chi connectivity index (χ1) is 12.5. The van der Waals surface area contributed by atoms with E-state index in [1.807, 2.05) is 12.1 Å². The molecule has 3 rings (SSSR count). The quantitative estimate of drug-likeness (QED) is 0.779. The molecule has 2 N–H and O–H groups in total. The molecule has 1 saturated heterocycles. The van der Waals surface area contributed by atoms with E-state index in [2.05, 4.69) is 10.0 Å². The van der Waals surface area contributed by atoms with E-state index in [0.29, 0.717) is 25.3 Å². The van der Waals surface area contributed by atoms with Crippen LogP contribution < -0.4 is 10.0 Å². The molecular weight excluding hydrogens is 352 g/mol. The van der Waals surface area contributed by atoms with Crippen LogP contribution >= 0.6 is 0 Å². The van der Waals surface area contributed by atoms with Crippen LogP contribution in [0.3, 0.4) is 0 Å². The molecule has 0 bridgehead atoms. The molecule has 1 atom stereocenters. The molecule has 7 heteroatoms. The van der Waals surface area contributed by atoms with E-state index >= 15 is 0 Å². The summed E-state index contributed by atoms with van der Waals surface area (Å²) in [5.41, 5.74) is 1.52. The van der Waals surface area contributed by atoms with Gasteiger partial charge in [0.05, 0.1) is 4.90 Å². The van der Waals surface area contributed by atoms with Crippen LogP contribution in [0.1, 0.15) is 18.4 Å². The molecular formula is C19H22N2O4S. The van der Waals surface area contributed by atoms with Gasteiger partial charge >= 0.3 is 0 Å². The SMILES string of the molecule is O=C(NCCc1ccc(NS(=O)(=O)c2ccccc2)cc1)C1CCCO1. The van der Waals surface area contributed by atoms with E-state index < -0.39 is 10.0 Å². The second kappa shape index (κ2) is 8.33. The highest BCUT2D eigenvalue weighted by molar-refractivity contribution is 7.92. The monoisotopic (exact) mass is 374 g/mol. The van der Waals surface area contributed by atoms with E-state index in [-0.39, 0.29) is 16.9 Å². The first-order valence-electron chi connectivity index (χ1n) is 8.61. The van der Waals surface area contributed by atoms with Gasteiger partial charge in [0.1, 0.15) is 6.10 Å². The highest BCUT2D eigenvalue weighted by atomic mass is 32.2. The summed E-state index contributed by atoms with van der Waals surface area (Å²) < 4.78 is 32.5. The van der Waals surface area contributed by atoms with Gasteiger partial charge in [0.15, 0.2) is 0 Å². The number of benzene rings is 2. The second-order valence-electron chi connectivity index (χ2n) is 6.16. The maximum atomic E-state index is 12.3. The van der Waals surface area contributed by atoms with Crippen LogP contribution in [-0.4, -0.2) is 33.6 Å². The molecule has 1 amide bonds. The summed E-state index contributed by atoms with van der Waals surface area (Å²) in [5, 5.41) is 2.87. The average molecular weight is 374 g/mol. The zero-order valence-electron chi connectivity index (χ0n) is 14.4. The lowest BCUT2D eigenvalue weighted by atomic mass is 10.1. The van der Waals surface area contributed by atoms with E-state index in [4.69, 9.17) is 4.74 Å². The minimum atomic E-state index is -3.58. The minimum Gasteiger partial charge on any atom is -0.368 e. The first kappa shape index (κ1) is 18.4. The van der Waals surface area contributed by atoms with Crippen molar-refractivity contribution >= 4 is 21.6 Å². The van der Waals surface area contributed by atoms with Crippen LogP contribution in [0, 0.1) is 0 Å². The van der Waals surface area contributed by atoms with Crippen LogP contribution in [0.5, 0.6) is 0 Å². The van der Waals surface area contributed by atoms with Gasteiger partial charge in [-0.15, -0.1) is 0 Å². The molecule has 138 valence electrons. The molecule has 26 heavy (non-hydrogen) atoms. The van der Waals surface area contributed by atoms with Crippen molar-refractivity contribution in [2.75, 3.05) is 17.9 Å². The summed E-state index contributed by atoms with van der Waals surface area (Å²) in [5.74, 6) is -0.0604. The Labute approximate surface area is 153 Å². The molecule has 1 fully saturated rings. The predicted octanol–water partition coefficient (Wildman–Crippen LogP) is 2.33.